The number of carbonyl (C=O) groups excluding carboxylic acids is 1. The lowest BCUT2D eigenvalue weighted by atomic mass is 9.99. The maximum absolute atomic E-state index is 12.1. The molecule has 10 heteroatoms. The van der Waals surface area contributed by atoms with Crippen molar-refractivity contribution in [3.05, 3.63) is 46.6 Å². The maximum atomic E-state index is 12.1. The first-order valence-electron chi connectivity index (χ1n) is 8.28. The van der Waals surface area contributed by atoms with Crippen LogP contribution in [0.1, 0.15) is 48.4 Å². The molecule has 0 atom stereocenters. The van der Waals surface area contributed by atoms with Crippen molar-refractivity contribution in [1.82, 2.24) is 4.40 Å². The van der Waals surface area contributed by atoms with Gasteiger partial charge in [0.15, 0.2) is 0 Å². The molecule has 3 rings (SSSR count). The van der Waals surface area contributed by atoms with Gasteiger partial charge in [0.2, 0.25) is 0 Å². The molecule has 0 aliphatic heterocycles. The number of nitrogens with zero attached hydrogens (tertiary/aromatic N) is 1. The molecule has 0 aliphatic rings. The number of hydrogen-bond acceptors (Lipinski definition) is 6. The molecule has 0 unspecified atom stereocenters. The molecule has 0 saturated heterocycles. The number of ether oxygens (including phenoxy) is 2. The summed E-state index contributed by atoms with van der Waals surface area (Å²) in [4.78, 5) is 47.9. The highest BCUT2D eigenvalue weighted by Crippen LogP contribution is 2.34. The standard InChI is InChI=1S/C19H15NO9/c1-3-29-8-4-5-11-9(6-8)12(16(21)22)14(18(25)26)15-13(17(23)24)10(7-20(11)15)19(27)28-2/h4-7H,3H2,1-2H3,(H,21,22)(H,23,24)(H,25,26). The van der Waals surface area contributed by atoms with Crippen molar-refractivity contribution in [2.45, 2.75) is 6.92 Å². The summed E-state index contributed by atoms with van der Waals surface area (Å²) in [6.07, 6.45) is 1.12. The van der Waals surface area contributed by atoms with Crippen LogP contribution < -0.4 is 4.74 Å². The molecule has 0 amide bonds. The lowest BCUT2D eigenvalue weighted by Gasteiger charge is -2.13. The van der Waals surface area contributed by atoms with Crippen molar-refractivity contribution >= 4 is 40.3 Å². The van der Waals surface area contributed by atoms with Gasteiger partial charge in [0.1, 0.15) is 11.3 Å². The molecule has 0 saturated carbocycles. The predicted octanol–water partition coefficient (Wildman–Crippen LogP) is 2.37. The molecule has 3 aromatic rings. The fourth-order valence-electron chi connectivity index (χ4n) is 3.29. The van der Waals surface area contributed by atoms with Gasteiger partial charge in [0, 0.05) is 11.6 Å². The molecule has 150 valence electrons. The minimum Gasteiger partial charge on any atom is -0.494 e. The lowest BCUT2D eigenvalue weighted by molar-refractivity contribution is 0.0583. The van der Waals surface area contributed by atoms with E-state index >= 15 is 0 Å². The van der Waals surface area contributed by atoms with Gasteiger partial charge in [-0.15, -0.1) is 0 Å². The SMILES string of the molecule is CCOc1ccc2c(c1)c(C(=O)O)c(C(=O)O)c1c(C(=O)O)c(C(=O)OC)cn12. The fourth-order valence-corrected chi connectivity index (χ4v) is 3.29. The Kier molecular flexibility index (Phi) is 4.85. The average molecular weight is 401 g/mol. The van der Waals surface area contributed by atoms with E-state index in [9.17, 15) is 34.5 Å². The van der Waals surface area contributed by atoms with Gasteiger partial charge in [-0.25, -0.2) is 19.2 Å². The van der Waals surface area contributed by atoms with E-state index in [1.165, 1.54) is 18.2 Å². The Morgan fingerprint density at radius 2 is 1.59 bits per heavy atom. The van der Waals surface area contributed by atoms with Gasteiger partial charge < -0.3 is 29.2 Å². The van der Waals surface area contributed by atoms with Gasteiger partial charge in [-0.2, -0.15) is 0 Å². The van der Waals surface area contributed by atoms with Crippen LogP contribution in [-0.2, 0) is 4.74 Å². The third-order valence-electron chi connectivity index (χ3n) is 4.35. The molecule has 10 nitrogen and oxygen atoms in total. The van der Waals surface area contributed by atoms with Crippen molar-refractivity contribution in [1.29, 1.82) is 0 Å². The van der Waals surface area contributed by atoms with Gasteiger partial charge >= 0.3 is 23.9 Å². The number of hydrogen-bond donors (Lipinski definition) is 3. The zero-order valence-electron chi connectivity index (χ0n) is 15.3. The molecule has 0 aliphatic carbocycles. The van der Waals surface area contributed by atoms with Crippen LogP contribution in [0.15, 0.2) is 24.4 Å². The summed E-state index contributed by atoms with van der Waals surface area (Å²) >= 11 is 0. The summed E-state index contributed by atoms with van der Waals surface area (Å²) in [6, 6.07) is 4.33. The minimum absolute atomic E-state index is 0.0108. The Bertz CT molecular complexity index is 1210. The first kappa shape index (κ1) is 19.7. The fraction of sp³-hybridized carbons (Fsp3) is 0.158. The quantitative estimate of drug-likeness (QED) is 0.528. The number of methoxy groups -OCH3 is 1. The Labute approximate surface area is 162 Å². The molecule has 2 aromatic heterocycles. The Morgan fingerprint density at radius 3 is 2.10 bits per heavy atom. The summed E-state index contributed by atoms with van der Waals surface area (Å²) in [5, 5.41) is 29.1. The molecule has 1 aromatic carbocycles. The number of aromatic nitrogens is 1. The number of benzene rings is 1. The lowest BCUT2D eigenvalue weighted by Crippen LogP contribution is -2.14. The van der Waals surface area contributed by atoms with Gasteiger partial charge in [-0.1, -0.05) is 0 Å². The van der Waals surface area contributed by atoms with Gasteiger partial charge in [0.25, 0.3) is 0 Å². The number of fused-ring (bicyclic) bond motifs is 3. The van der Waals surface area contributed by atoms with Crippen molar-refractivity contribution in [2.75, 3.05) is 13.7 Å². The van der Waals surface area contributed by atoms with Crippen LogP contribution in [0.25, 0.3) is 16.4 Å². The first-order chi connectivity index (χ1) is 13.7. The molecule has 0 radical (unpaired) electrons. The third kappa shape index (κ3) is 3.00. The number of carboxylic acids is 3. The molecule has 0 spiro atoms. The van der Waals surface area contributed by atoms with Gasteiger partial charge in [0.05, 0.1) is 41.4 Å². The Hall–Kier alpha value is -4.08. The first-order valence-corrected chi connectivity index (χ1v) is 8.28. The van der Waals surface area contributed by atoms with Gasteiger partial charge in [-0.05, 0) is 25.1 Å². The van der Waals surface area contributed by atoms with Crippen LogP contribution in [0.2, 0.25) is 0 Å². The highest BCUT2D eigenvalue weighted by Gasteiger charge is 2.32. The highest BCUT2D eigenvalue weighted by molar-refractivity contribution is 6.20. The van der Waals surface area contributed by atoms with E-state index in [1.807, 2.05) is 0 Å². The number of rotatable bonds is 6. The number of aromatic carboxylic acids is 3. The van der Waals surface area contributed by atoms with Crippen molar-refractivity contribution in [3.8, 4) is 5.75 Å². The monoisotopic (exact) mass is 401 g/mol. The summed E-state index contributed by atoms with van der Waals surface area (Å²) in [5.74, 6) is -5.53. The number of pyridine rings is 1. The van der Waals surface area contributed by atoms with E-state index < -0.39 is 51.6 Å². The Morgan fingerprint density at radius 1 is 0.966 bits per heavy atom. The average Bonchev–Trinajstić information content (AvgIpc) is 3.06. The van der Waals surface area contributed by atoms with Crippen LogP contribution in [0.3, 0.4) is 0 Å². The molecule has 2 heterocycles. The molecule has 0 fully saturated rings. The van der Waals surface area contributed by atoms with Crippen LogP contribution in [0.4, 0.5) is 0 Å². The van der Waals surface area contributed by atoms with E-state index in [4.69, 9.17) is 4.74 Å². The van der Waals surface area contributed by atoms with Gasteiger partial charge in [-0.3, -0.25) is 0 Å². The van der Waals surface area contributed by atoms with Crippen LogP contribution in [0, 0.1) is 0 Å². The zero-order valence-corrected chi connectivity index (χ0v) is 15.3. The second-order valence-electron chi connectivity index (χ2n) is 5.91. The molecule has 0 bridgehead atoms. The van der Waals surface area contributed by atoms with Crippen molar-refractivity contribution in [3.63, 3.8) is 0 Å². The van der Waals surface area contributed by atoms with Crippen molar-refractivity contribution in [2.24, 2.45) is 0 Å². The third-order valence-corrected chi connectivity index (χ3v) is 4.35. The van der Waals surface area contributed by atoms with E-state index in [-0.39, 0.29) is 10.9 Å². The largest absolute Gasteiger partial charge is 0.494 e. The van der Waals surface area contributed by atoms with E-state index in [0.717, 1.165) is 17.7 Å². The summed E-state index contributed by atoms with van der Waals surface area (Å²) in [5.41, 5.74) is -2.68. The topological polar surface area (TPSA) is 152 Å². The van der Waals surface area contributed by atoms with Crippen LogP contribution >= 0.6 is 0 Å². The van der Waals surface area contributed by atoms with E-state index in [2.05, 4.69) is 4.74 Å². The maximum Gasteiger partial charge on any atom is 0.340 e. The Balaban J connectivity index is 2.66. The second kappa shape index (κ2) is 7.15. The summed E-state index contributed by atoms with van der Waals surface area (Å²) < 4.78 is 11.1. The molecule has 3 N–H and O–H groups in total. The van der Waals surface area contributed by atoms with E-state index in [0.29, 0.717) is 12.4 Å². The minimum atomic E-state index is -1.66. The summed E-state index contributed by atoms with van der Waals surface area (Å²) in [6.45, 7) is 2.02. The number of esters is 1. The van der Waals surface area contributed by atoms with Crippen LogP contribution in [0.5, 0.6) is 5.75 Å². The summed E-state index contributed by atoms with van der Waals surface area (Å²) in [7, 11) is 1.05. The predicted molar refractivity (Wildman–Crippen MR) is 98.3 cm³/mol. The molecule has 29 heavy (non-hydrogen) atoms. The normalized spacial score (nSPS) is 10.8. The second-order valence-corrected chi connectivity index (χ2v) is 5.91. The number of carboxylic acid groups (broad SMARTS) is 3. The van der Waals surface area contributed by atoms with Crippen LogP contribution in [-0.4, -0.2) is 57.3 Å². The number of carbonyl (C=O) groups is 4. The smallest absolute Gasteiger partial charge is 0.340 e. The highest BCUT2D eigenvalue weighted by atomic mass is 16.5. The molecular formula is C19H15NO9. The van der Waals surface area contributed by atoms with E-state index in [1.54, 1.807) is 6.92 Å². The van der Waals surface area contributed by atoms with Crippen molar-refractivity contribution < 1.29 is 44.0 Å². The molecular weight excluding hydrogens is 386 g/mol. The zero-order chi connectivity index (χ0) is 21.5.